The Kier molecular flexibility index (Phi) is 26.2. The van der Waals surface area contributed by atoms with E-state index in [1.807, 2.05) is 12.1 Å². The maximum atomic E-state index is 15.5. The first kappa shape index (κ1) is 68.7. The molecule has 0 aliphatic carbocycles. The second-order valence-corrected chi connectivity index (χ2v) is 21.8. The van der Waals surface area contributed by atoms with Crippen molar-refractivity contribution >= 4 is 76.7 Å². The molecule has 1 aromatic heterocycles. The second kappa shape index (κ2) is 32.3. The topological polar surface area (TPSA) is 369 Å². The van der Waals surface area contributed by atoms with Gasteiger partial charge >= 0.3 is 11.9 Å². The molecule has 9 amide bonds. The van der Waals surface area contributed by atoms with Gasteiger partial charge in [0.15, 0.2) is 11.6 Å². The Morgan fingerprint density at radius 1 is 0.753 bits per heavy atom. The number of hydrogen-bond acceptors (Lipinski definition) is 15. The third kappa shape index (κ3) is 21.7. The number of benzene rings is 2. The number of aliphatic carboxylic acids is 1. The lowest BCUT2D eigenvalue weighted by atomic mass is 9.82. The highest BCUT2D eigenvalue weighted by molar-refractivity contribution is 6.02. The number of nitrogens with zero attached hydrogens (tertiary/aromatic N) is 3. The number of carbonyl (C=O) groups excluding carboxylic acids is 12. The first-order valence-electron chi connectivity index (χ1n) is 27.7. The van der Waals surface area contributed by atoms with Crippen LogP contribution >= 0.6 is 0 Å². The van der Waals surface area contributed by atoms with E-state index in [0.717, 1.165) is 23.8 Å². The van der Waals surface area contributed by atoms with Crippen molar-refractivity contribution in [2.75, 3.05) is 19.7 Å². The normalized spacial score (nSPS) is 14.4. The number of nitrogens with one attached hydrogen (secondary N) is 5. The molecule has 1 saturated heterocycles. The summed E-state index contributed by atoms with van der Waals surface area (Å²) in [5, 5.41) is 32.7. The summed E-state index contributed by atoms with van der Waals surface area (Å²) in [5.74, 6) is -13.5. The van der Waals surface area contributed by atoms with Gasteiger partial charge in [-0.2, -0.15) is 0 Å². The fraction of sp³-hybridized carbons (Fsp3) is 0.500. The summed E-state index contributed by atoms with van der Waals surface area (Å²) in [7, 11) is 0. The van der Waals surface area contributed by atoms with Crippen LogP contribution in [0.3, 0.4) is 0 Å². The van der Waals surface area contributed by atoms with E-state index in [-0.39, 0.29) is 75.6 Å². The third-order valence-corrected chi connectivity index (χ3v) is 13.7. The number of carbonyl (C=O) groups is 13. The third-order valence-electron chi connectivity index (χ3n) is 13.7. The fourth-order valence-corrected chi connectivity index (χ4v) is 9.41. The number of hydrogen-bond donors (Lipinski definition) is 8. The molecule has 462 valence electrons. The number of primary amides is 1. The van der Waals surface area contributed by atoms with Gasteiger partial charge in [-0.3, -0.25) is 57.5 Å². The number of Topliss-reactive ketones (excluding diaryl/α,β-unsaturated/α-hetero) is 2. The Bertz CT molecular complexity index is 2950. The summed E-state index contributed by atoms with van der Waals surface area (Å²) < 4.78 is 31.9. The molecule has 1 fully saturated rings. The smallest absolute Gasteiger partial charge is 0.333 e. The number of nitrogens with two attached hydrogens (primary N) is 1. The molecule has 3 aromatic rings. The first-order valence-corrected chi connectivity index (χ1v) is 27.7. The molecule has 0 unspecified atom stereocenters. The zero-order valence-electron chi connectivity index (χ0n) is 48.3. The van der Waals surface area contributed by atoms with Crippen LogP contribution in [0.5, 0.6) is 0 Å². The Labute approximate surface area is 489 Å². The summed E-state index contributed by atoms with van der Waals surface area (Å²) in [6.45, 7) is 7.70. The van der Waals surface area contributed by atoms with Crippen molar-refractivity contribution in [2.24, 2.45) is 17.1 Å². The van der Waals surface area contributed by atoms with Crippen LogP contribution in [-0.4, -0.2) is 145 Å². The molecular formula is C58H75F2N9O16. The van der Waals surface area contributed by atoms with E-state index >= 15 is 4.39 Å². The van der Waals surface area contributed by atoms with Gasteiger partial charge in [-0.15, -0.1) is 5.06 Å². The van der Waals surface area contributed by atoms with Gasteiger partial charge in [-0.25, -0.2) is 13.6 Å². The number of rotatable bonds is 34. The van der Waals surface area contributed by atoms with Gasteiger partial charge in [0.1, 0.15) is 30.3 Å². The first-order chi connectivity index (χ1) is 40.0. The second-order valence-electron chi connectivity index (χ2n) is 21.8. The number of aliphatic hydroxyl groups is 1. The van der Waals surface area contributed by atoms with Crippen molar-refractivity contribution in [3.8, 4) is 11.1 Å². The minimum atomic E-state index is -1.75. The number of carboxylic acid groups (broad SMARTS) is 1. The van der Waals surface area contributed by atoms with Crippen molar-refractivity contribution in [3.05, 3.63) is 83.7 Å². The lowest BCUT2D eigenvalue weighted by molar-refractivity contribution is -0.197. The Morgan fingerprint density at radius 3 is 2.02 bits per heavy atom. The van der Waals surface area contributed by atoms with E-state index in [2.05, 4.69) is 26.6 Å². The maximum absolute atomic E-state index is 15.5. The molecule has 1 aliphatic rings. The average molecular weight is 1190 g/mol. The highest BCUT2D eigenvalue weighted by Crippen LogP contribution is 2.41. The van der Waals surface area contributed by atoms with Crippen molar-refractivity contribution in [1.29, 1.82) is 0 Å². The minimum absolute atomic E-state index is 0.0912. The molecule has 0 bridgehead atoms. The van der Waals surface area contributed by atoms with Crippen LogP contribution in [0.1, 0.15) is 136 Å². The lowest BCUT2D eigenvalue weighted by Crippen LogP contribution is -2.56. The van der Waals surface area contributed by atoms with Crippen LogP contribution in [0.2, 0.25) is 0 Å². The maximum Gasteiger partial charge on any atom is 0.333 e. The number of halogens is 2. The van der Waals surface area contributed by atoms with E-state index in [0.29, 0.717) is 10.8 Å². The number of imide groups is 1. The van der Waals surface area contributed by atoms with Crippen LogP contribution < -0.4 is 32.3 Å². The fourth-order valence-electron chi connectivity index (χ4n) is 9.41. The van der Waals surface area contributed by atoms with Gasteiger partial charge in [0.25, 0.3) is 11.8 Å². The molecule has 25 nitrogen and oxygen atoms in total. The van der Waals surface area contributed by atoms with Gasteiger partial charge in [-0.05, 0) is 67.9 Å². The van der Waals surface area contributed by atoms with Crippen LogP contribution in [0.25, 0.3) is 11.1 Å². The predicted octanol–water partition coefficient (Wildman–Crippen LogP) is 2.34. The van der Waals surface area contributed by atoms with Crippen LogP contribution in [0.4, 0.5) is 8.78 Å². The van der Waals surface area contributed by atoms with Gasteiger partial charge in [0.2, 0.25) is 41.4 Å². The number of hydroxylamine groups is 2. The lowest BCUT2D eigenvalue weighted by Gasteiger charge is -2.41. The highest BCUT2D eigenvalue weighted by Gasteiger charge is 2.39. The van der Waals surface area contributed by atoms with E-state index in [1.54, 1.807) is 55.8 Å². The van der Waals surface area contributed by atoms with Crippen LogP contribution in [0, 0.1) is 23.0 Å². The number of amides is 9. The van der Waals surface area contributed by atoms with Crippen LogP contribution in [0.15, 0.2) is 60.8 Å². The quantitative estimate of drug-likeness (QED) is 0.0314. The van der Waals surface area contributed by atoms with Gasteiger partial charge in [-0.1, -0.05) is 58.0 Å². The van der Waals surface area contributed by atoms with E-state index in [9.17, 15) is 76.9 Å². The molecule has 0 radical (unpaired) electrons. The van der Waals surface area contributed by atoms with E-state index in [4.69, 9.17) is 10.6 Å². The summed E-state index contributed by atoms with van der Waals surface area (Å²) >= 11 is 0. The number of carboxylic acids is 1. The SMILES string of the molecule is CC(=O)N[C@@H](C)C(=O)C[C@H](C)C(=O)N[C@@H](CC(N)=O)C(=O)N[C@@H](CCN(C(=O)CO)[C@@H](c1cc(-c2cc(F)ccc2F)cn1Cc1ccccc1)C(C)(C)C)C(=O)NCCCC(=O)[C@@H](CCC(=O)O)NC(=O)CCCC(=O)ON1C(=O)CCC1=O. The number of ketones is 2. The monoisotopic (exact) mass is 1190 g/mol. The highest BCUT2D eigenvalue weighted by atomic mass is 19.1. The number of aromatic nitrogens is 1. The zero-order chi connectivity index (χ0) is 63.3. The van der Waals surface area contributed by atoms with Gasteiger partial charge in [0.05, 0.1) is 24.5 Å². The van der Waals surface area contributed by atoms with Crippen molar-refractivity contribution in [1.82, 2.24) is 41.1 Å². The zero-order valence-corrected chi connectivity index (χ0v) is 48.3. The molecule has 27 heteroatoms. The average Bonchev–Trinajstić information content (AvgIpc) is 2.04. The molecule has 4 rings (SSSR count). The molecule has 2 aromatic carbocycles. The van der Waals surface area contributed by atoms with Gasteiger partial charge in [0, 0.05) is 100 Å². The molecule has 85 heavy (non-hydrogen) atoms. The molecule has 2 heterocycles. The summed E-state index contributed by atoms with van der Waals surface area (Å²) in [4.78, 5) is 173. The van der Waals surface area contributed by atoms with E-state index < -0.39 is 169 Å². The van der Waals surface area contributed by atoms with Crippen molar-refractivity contribution in [3.63, 3.8) is 0 Å². The molecule has 0 saturated carbocycles. The standard InChI is InChI=1S/C58H75F2N9O16/c1-33(26-46(73)34(2)63-35(3)71)55(82)66-43(29-47(61)74)57(84)65-42(56(83)62-24-11-14-45(72)41(19-22-52(79)80)64-48(75)15-10-16-53(81)85-69-49(76)20-21-50(69)77)23-25-68(51(78)32-70)54(58(4,5)6)44-27-37(39-28-38(59)17-18-40(39)60)31-67(44)30-36-12-8-7-9-13-36/h7-9,12-13,17-18,27-28,31,33-34,41-43,54,70H,10-11,14-16,19-26,29-30,32H2,1-6H3,(H2,61,74)(H,62,83)(H,63,71)(H,64,75)(H,65,84)(H,66,82)(H,79,80)/t33-,34-,41+,42-,43-,54-/m0/s1. The molecule has 9 N–H and O–H groups in total. The molecule has 0 spiro atoms. The Balaban J connectivity index is 1.63. The Hall–Kier alpha value is -8.75. The Morgan fingerprint density at radius 2 is 1.41 bits per heavy atom. The summed E-state index contributed by atoms with van der Waals surface area (Å²) in [5.41, 5.74) is 5.90. The minimum Gasteiger partial charge on any atom is -0.481 e. The number of aliphatic hydroxyl groups excluding tert-OH is 1. The largest absolute Gasteiger partial charge is 0.481 e. The molecule has 6 atom stereocenters. The summed E-state index contributed by atoms with van der Waals surface area (Å²) in [6, 6.07) is 6.87. The van der Waals surface area contributed by atoms with Crippen LogP contribution in [-0.2, 0) is 73.7 Å². The van der Waals surface area contributed by atoms with Crippen molar-refractivity contribution < 1.29 is 86.2 Å². The van der Waals surface area contributed by atoms with Crippen molar-refractivity contribution in [2.45, 2.75) is 155 Å². The predicted molar refractivity (Wildman–Crippen MR) is 298 cm³/mol. The van der Waals surface area contributed by atoms with Gasteiger partial charge < -0.3 is 56.8 Å². The summed E-state index contributed by atoms with van der Waals surface area (Å²) in [6.07, 6.45) is -2.53. The molecule has 1 aliphatic heterocycles. The van der Waals surface area contributed by atoms with E-state index in [1.165, 1.54) is 25.7 Å². The molecular weight excluding hydrogens is 1120 g/mol.